The van der Waals surface area contributed by atoms with Crippen LogP contribution in [0.5, 0.6) is 0 Å². The van der Waals surface area contributed by atoms with Gasteiger partial charge >= 0.3 is 6.18 Å². The van der Waals surface area contributed by atoms with Gasteiger partial charge in [-0.3, -0.25) is 13.9 Å². The van der Waals surface area contributed by atoms with E-state index in [1.54, 1.807) is 13.8 Å². The molecule has 0 aliphatic rings. The van der Waals surface area contributed by atoms with Gasteiger partial charge in [0.15, 0.2) is 0 Å². The van der Waals surface area contributed by atoms with E-state index in [0.717, 1.165) is 24.0 Å². The lowest BCUT2D eigenvalue weighted by Crippen LogP contribution is -2.53. The maximum Gasteiger partial charge on any atom is 0.416 e. The average molecular weight is 514 g/mol. The molecule has 1 N–H and O–H groups in total. The number of anilines is 1. The number of sulfonamides is 1. The van der Waals surface area contributed by atoms with Crippen LogP contribution in [0, 0.1) is 0 Å². The number of amides is 2. The number of carbonyl (C=O) groups is 2. The SMILES string of the molecule is CC(C)NC(=O)[C@@H](C)N(CCc1ccccc1)C(=O)CN(c1cccc(C(F)(F)F)c1)S(C)(=O)=O. The molecule has 0 unspecified atom stereocenters. The molecule has 2 amide bonds. The summed E-state index contributed by atoms with van der Waals surface area (Å²) in [5.41, 5.74) is -0.431. The molecule has 2 aromatic carbocycles. The van der Waals surface area contributed by atoms with Crippen LogP contribution in [-0.4, -0.2) is 56.6 Å². The molecule has 0 bridgehead atoms. The summed E-state index contributed by atoms with van der Waals surface area (Å²) in [5.74, 6) is -1.14. The zero-order valence-electron chi connectivity index (χ0n) is 20.0. The number of hydrogen-bond donors (Lipinski definition) is 1. The topological polar surface area (TPSA) is 86.8 Å². The Morgan fingerprint density at radius 3 is 2.17 bits per heavy atom. The first-order chi connectivity index (χ1) is 16.2. The van der Waals surface area contributed by atoms with Gasteiger partial charge in [0.2, 0.25) is 21.8 Å². The first kappa shape index (κ1) is 28.2. The van der Waals surface area contributed by atoms with Crippen LogP contribution >= 0.6 is 0 Å². The van der Waals surface area contributed by atoms with Crippen molar-refractivity contribution in [2.45, 2.75) is 45.5 Å². The van der Waals surface area contributed by atoms with Crippen LogP contribution in [0.1, 0.15) is 31.9 Å². The standard InChI is InChI=1S/C24H30F3N3O4S/c1-17(2)28-23(32)18(3)29(14-13-19-9-6-5-7-10-19)22(31)16-30(35(4,33)34)21-12-8-11-20(15-21)24(25,26)27/h5-12,15,17-18H,13-14,16H2,1-4H3,(H,28,32)/t18-/m1/s1. The van der Waals surface area contributed by atoms with Gasteiger partial charge in [0, 0.05) is 12.6 Å². The van der Waals surface area contributed by atoms with Gasteiger partial charge in [-0.15, -0.1) is 0 Å². The fourth-order valence-corrected chi connectivity index (χ4v) is 4.27. The molecule has 192 valence electrons. The van der Waals surface area contributed by atoms with Gasteiger partial charge in [0.25, 0.3) is 0 Å². The molecule has 0 spiro atoms. The second-order valence-corrected chi connectivity index (χ2v) is 10.4. The minimum atomic E-state index is -4.69. The summed E-state index contributed by atoms with van der Waals surface area (Å²) in [4.78, 5) is 27.2. The summed E-state index contributed by atoms with van der Waals surface area (Å²) in [6.45, 7) is 4.40. The van der Waals surface area contributed by atoms with Crippen molar-refractivity contribution >= 4 is 27.5 Å². The molecule has 35 heavy (non-hydrogen) atoms. The number of rotatable bonds is 10. The van der Waals surface area contributed by atoms with E-state index in [9.17, 15) is 31.2 Å². The number of carbonyl (C=O) groups excluding carboxylic acids is 2. The Balaban J connectivity index is 2.37. The second kappa shape index (κ2) is 11.6. The second-order valence-electron chi connectivity index (χ2n) is 8.48. The molecular weight excluding hydrogens is 483 g/mol. The van der Waals surface area contributed by atoms with Crippen molar-refractivity contribution in [3.05, 3.63) is 65.7 Å². The molecule has 0 heterocycles. The monoisotopic (exact) mass is 513 g/mol. The predicted octanol–water partition coefficient (Wildman–Crippen LogP) is 3.46. The van der Waals surface area contributed by atoms with Gasteiger partial charge in [-0.25, -0.2) is 8.42 Å². The van der Waals surface area contributed by atoms with Crippen molar-refractivity contribution in [2.24, 2.45) is 0 Å². The quantitative estimate of drug-likeness (QED) is 0.527. The van der Waals surface area contributed by atoms with E-state index >= 15 is 0 Å². The lowest BCUT2D eigenvalue weighted by atomic mass is 10.1. The summed E-state index contributed by atoms with van der Waals surface area (Å²) in [6, 6.07) is 11.8. The molecule has 0 aliphatic heterocycles. The zero-order chi connectivity index (χ0) is 26.4. The maximum absolute atomic E-state index is 13.3. The van der Waals surface area contributed by atoms with Crippen LogP contribution in [0.2, 0.25) is 0 Å². The highest BCUT2D eigenvalue weighted by molar-refractivity contribution is 7.92. The number of nitrogens with one attached hydrogen (secondary N) is 1. The van der Waals surface area contributed by atoms with Crippen LogP contribution in [-0.2, 0) is 32.2 Å². The largest absolute Gasteiger partial charge is 0.416 e. The summed E-state index contributed by atoms with van der Waals surface area (Å²) in [6.07, 6.45) is -3.48. The molecular formula is C24H30F3N3O4S. The first-order valence-electron chi connectivity index (χ1n) is 11.0. The van der Waals surface area contributed by atoms with Gasteiger partial charge < -0.3 is 10.2 Å². The van der Waals surface area contributed by atoms with E-state index in [1.165, 1.54) is 17.9 Å². The van der Waals surface area contributed by atoms with E-state index in [0.29, 0.717) is 16.8 Å². The van der Waals surface area contributed by atoms with Crippen molar-refractivity contribution in [1.82, 2.24) is 10.2 Å². The van der Waals surface area contributed by atoms with Crippen LogP contribution < -0.4 is 9.62 Å². The fraction of sp³-hybridized carbons (Fsp3) is 0.417. The van der Waals surface area contributed by atoms with Crippen molar-refractivity contribution < 1.29 is 31.2 Å². The third-order valence-corrected chi connectivity index (χ3v) is 6.36. The van der Waals surface area contributed by atoms with Gasteiger partial charge in [-0.1, -0.05) is 36.4 Å². The number of hydrogen-bond acceptors (Lipinski definition) is 4. The smallest absolute Gasteiger partial charge is 0.352 e. The highest BCUT2D eigenvalue weighted by atomic mass is 32.2. The molecule has 0 saturated heterocycles. The average Bonchev–Trinajstić information content (AvgIpc) is 2.76. The summed E-state index contributed by atoms with van der Waals surface area (Å²) in [7, 11) is -4.12. The molecule has 0 radical (unpaired) electrons. The van der Waals surface area contributed by atoms with Gasteiger partial charge in [0.05, 0.1) is 17.5 Å². The van der Waals surface area contributed by atoms with Crippen molar-refractivity contribution in [3.8, 4) is 0 Å². The third-order valence-electron chi connectivity index (χ3n) is 5.22. The van der Waals surface area contributed by atoms with Gasteiger partial charge in [0.1, 0.15) is 12.6 Å². The first-order valence-corrected chi connectivity index (χ1v) is 12.8. The summed E-state index contributed by atoms with van der Waals surface area (Å²) < 4.78 is 65.1. The molecule has 0 aliphatic carbocycles. The Hall–Kier alpha value is -3.08. The molecule has 7 nitrogen and oxygen atoms in total. The highest BCUT2D eigenvalue weighted by Gasteiger charge is 2.33. The molecule has 0 fully saturated rings. The van der Waals surface area contributed by atoms with Crippen LogP contribution in [0.4, 0.5) is 18.9 Å². The molecule has 11 heteroatoms. The summed E-state index contributed by atoms with van der Waals surface area (Å²) >= 11 is 0. The molecule has 2 aromatic rings. The van der Waals surface area contributed by atoms with Crippen molar-refractivity contribution in [1.29, 1.82) is 0 Å². The van der Waals surface area contributed by atoms with Crippen molar-refractivity contribution in [3.63, 3.8) is 0 Å². The molecule has 0 saturated carbocycles. The number of alkyl halides is 3. The lowest BCUT2D eigenvalue weighted by Gasteiger charge is -2.32. The Labute approximate surface area is 204 Å². The normalized spacial score (nSPS) is 12.8. The minimum Gasteiger partial charge on any atom is -0.352 e. The number of nitrogens with zero attached hydrogens (tertiary/aromatic N) is 2. The van der Waals surface area contributed by atoms with Gasteiger partial charge in [-0.2, -0.15) is 13.2 Å². The Morgan fingerprint density at radius 1 is 1.00 bits per heavy atom. The minimum absolute atomic E-state index is 0.107. The Bertz CT molecular complexity index is 1120. The van der Waals surface area contributed by atoms with E-state index in [-0.39, 0.29) is 18.3 Å². The third kappa shape index (κ3) is 8.27. The molecule has 2 rings (SSSR count). The van der Waals surface area contributed by atoms with E-state index in [1.807, 2.05) is 30.3 Å². The zero-order valence-corrected chi connectivity index (χ0v) is 20.9. The van der Waals surface area contributed by atoms with E-state index < -0.39 is 46.2 Å². The number of benzene rings is 2. The van der Waals surface area contributed by atoms with Crippen LogP contribution in [0.15, 0.2) is 54.6 Å². The predicted molar refractivity (Wildman–Crippen MR) is 128 cm³/mol. The Kier molecular flexibility index (Phi) is 9.31. The number of halogens is 3. The highest BCUT2D eigenvalue weighted by Crippen LogP contribution is 2.32. The van der Waals surface area contributed by atoms with Crippen LogP contribution in [0.3, 0.4) is 0 Å². The molecule has 0 aromatic heterocycles. The van der Waals surface area contributed by atoms with Crippen LogP contribution in [0.25, 0.3) is 0 Å². The van der Waals surface area contributed by atoms with Gasteiger partial charge in [-0.05, 0) is 51.0 Å². The summed E-state index contributed by atoms with van der Waals surface area (Å²) in [5, 5.41) is 2.73. The fourth-order valence-electron chi connectivity index (χ4n) is 3.43. The van der Waals surface area contributed by atoms with E-state index in [4.69, 9.17) is 0 Å². The van der Waals surface area contributed by atoms with Crippen molar-refractivity contribution in [2.75, 3.05) is 23.7 Å². The maximum atomic E-state index is 13.3. The lowest BCUT2D eigenvalue weighted by molar-refractivity contribution is -0.139. The van der Waals surface area contributed by atoms with E-state index in [2.05, 4.69) is 5.32 Å². The Morgan fingerprint density at radius 2 is 1.63 bits per heavy atom. The molecule has 1 atom stereocenters.